The van der Waals surface area contributed by atoms with Crippen LogP contribution in [0.25, 0.3) is 0 Å². The van der Waals surface area contributed by atoms with E-state index in [1.54, 1.807) is 7.11 Å². The third kappa shape index (κ3) is 2.63. The molecule has 2 aromatic carbocycles. The Kier molecular flexibility index (Phi) is 3.85. The van der Waals surface area contributed by atoms with Crippen LogP contribution in [0.5, 0.6) is 17.2 Å². The minimum absolute atomic E-state index is 0.449. The van der Waals surface area contributed by atoms with Gasteiger partial charge in [-0.05, 0) is 30.7 Å². The standard InChI is InChI=1S/C15H17NO2/c1-11-7-8-12(10-16)15(9-11)18-14-6-4-3-5-13(14)17-2/h3-9H,10,16H2,1-2H3. The van der Waals surface area contributed by atoms with Crippen LogP contribution in [0.4, 0.5) is 0 Å². The topological polar surface area (TPSA) is 44.5 Å². The first-order valence-corrected chi connectivity index (χ1v) is 5.85. The van der Waals surface area contributed by atoms with Crippen molar-refractivity contribution in [3.8, 4) is 17.2 Å². The number of ether oxygens (including phenoxy) is 2. The van der Waals surface area contributed by atoms with Crippen LogP contribution in [0, 0.1) is 6.92 Å². The van der Waals surface area contributed by atoms with E-state index in [0.717, 1.165) is 16.9 Å². The van der Waals surface area contributed by atoms with Crippen molar-refractivity contribution in [2.24, 2.45) is 5.73 Å². The van der Waals surface area contributed by atoms with E-state index >= 15 is 0 Å². The van der Waals surface area contributed by atoms with Gasteiger partial charge >= 0.3 is 0 Å². The minimum atomic E-state index is 0.449. The molecule has 0 heterocycles. The maximum absolute atomic E-state index is 5.90. The Morgan fingerprint density at radius 2 is 1.72 bits per heavy atom. The van der Waals surface area contributed by atoms with Gasteiger partial charge in [0, 0.05) is 12.1 Å². The first-order valence-electron chi connectivity index (χ1n) is 5.85. The molecule has 3 heteroatoms. The third-order valence-corrected chi connectivity index (χ3v) is 2.73. The molecule has 0 aromatic heterocycles. The van der Waals surface area contributed by atoms with Crippen LogP contribution < -0.4 is 15.2 Å². The Balaban J connectivity index is 2.36. The lowest BCUT2D eigenvalue weighted by Crippen LogP contribution is -2.00. The summed E-state index contributed by atoms with van der Waals surface area (Å²) in [6, 6.07) is 13.6. The molecular weight excluding hydrogens is 226 g/mol. The van der Waals surface area contributed by atoms with Crippen molar-refractivity contribution < 1.29 is 9.47 Å². The van der Waals surface area contributed by atoms with Crippen LogP contribution in [-0.4, -0.2) is 7.11 Å². The molecule has 18 heavy (non-hydrogen) atoms. The average Bonchev–Trinajstić information content (AvgIpc) is 2.40. The van der Waals surface area contributed by atoms with Gasteiger partial charge in [-0.15, -0.1) is 0 Å². The smallest absolute Gasteiger partial charge is 0.169 e. The summed E-state index contributed by atoms with van der Waals surface area (Å²) in [5.41, 5.74) is 7.83. The molecular formula is C15H17NO2. The Bertz CT molecular complexity index is 538. The molecule has 0 atom stereocenters. The maximum atomic E-state index is 5.90. The second-order valence-corrected chi connectivity index (χ2v) is 4.07. The zero-order chi connectivity index (χ0) is 13.0. The van der Waals surface area contributed by atoms with Gasteiger partial charge in [0.1, 0.15) is 5.75 Å². The van der Waals surface area contributed by atoms with E-state index in [9.17, 15) is 0 Å². The fourth-order valence-corrected chi connectivity index (χ4v) is 1.75. The lowest BCUT2D eigenvalue weighted by Gasteiger charge is -2.13. The second-order valence-electron chi connectivity index (χ2n) is 4.07. The molecule has 0 aliphatic carbocycles. The van der Waals surface area contributed by atoms with Gasteiger partial charge in [0.2, 0.25) is 0 Å². The molecule has 2 N–H and O–H groups in total. The Labute approximate surface area is 107 Å². The predicted molar refractivity (Wildman–Crippen MR) is 72.1 cm³/mol. The molecule has 0 aliphatic rings. The van der Waals surface area contributed by atoms with E-state index in [-0.39, 0.29) is 0 Å². The number of aryl methyl sites for hydroxylation is 1. The van der Waals surface area contributed by atoms with E-state index < -0.39 is 0 Å². The monoisotopic (exact) mass is 243 g/mol. The van der Waals surface area contributed by atoms with Crippen molar-refractivity contribution in [1.29, 1.82) is 0 Å². The number of methoxy groups -OCH3 is 1. The summed E-state index contributed by atoms with van der Waals surface area (Å²) in [6.07, 6.45) is 0. The molecule has 0 spiro atoms. The molecule has 3 nitrogen and oxygen atoms in total. The van der Waals surface area contributed by atoms with Crippen molar-refractivity contribution in [3.63, 3.8) is 0 Å². The van der Waals surface area contributed by atoms with Gasteiger partial charge in [-0.3, -0.25) is 0 Å². The quantitative estimate of drug-likeness (QED) is 0.896. The zero-order valence-corrected chi connectivity index (χ0v) is 10.6. The fourth-order valence-electron chi connectivity index (χ4n) is 1.75. The number of benzene rings is 2. The number of hydrogen-bond acceptors (Lipinski definition) is 3. The number of rotatable bonds is 4. The molecule has 2 aromatic rings. The van der Waals surface area contributed by atoms with Gasteiger partial charge in [-0.2, -0.15) is 0 Å². The van der Waals surface area contributed by atoms with Gasteiger partial charge in [0.05, 0.1) is 7.11 Å². The zero-order valence-electron chi connectivity index (χ0n) is 10.6. The average molecular weight is 243 g/mol. The summed E-state index contributed by atoms with van der Waals surface area (Å²) in [6.45, 7) is 2.47. The fraction of sp³-hybridized carbons (Fsp3) is 0.200. The lowest BCUT2D eigenvalue weighted by molar-refractivity contribution is 0.377. The first kappa shape index (κ1) is 12.5. The van der Waals surface area contributed by atoms with Gasteiger partial charge in [0.25, 0.3) is 0 Å². The van der Waals surface area contributed by atoms with Crippen molar-refractivity contribution in [1.82, 2.24) is 0 Å². The van der Waals surface area contributed by atoms with Crippen LogP contribution in [0.3, 0.4) is 0 Å². The molecule has 0 radical (unpaired) electrons. The van der Waals surface area contributed by atoms with Crippen LogP contribution in [0.1, 0.15) is 11.1 Å². The highest BCUT2D eigenvalue weighted by Gasteiger charge is 2.08. The van der Waals surface area contributed by atoms with Crippen molar-refractivity contribution >= 4 is 0 Å². The van der Waals surface area contributed by atoms with Crippen LogP contribution >= 0.6 is 0 Å². The van der Waals surface area contributed by atoms with Gasteiger partial charge in [-0.25, -0.2) is 0 Å². The van der Waals surface area contributed by atoms with Crippen LogP contribution in [-0.2, 0) is 6.54 Å². The van der Waals surface area contributed by atoms with Gasteiger partial charge in [-0.1, -0.05) is 24.3 Å². The SMILES string of the molecule is COc1ccccc1Oc1cc(C)ccc1CN. The molecule has 0 fully saturated rings. The molecule has 0 unspecified atom stereocenters. The van der Waals surface area contributed by atoms with Crippen molar-refractivity contribution in [3.05, 3.63) is 53.6 Å². The number of hydrogen-bond donors (Lipinski definition) is 1. The largest absolute Gasteiger partial charge is 0.493 e. The highest BCUT2D eigenvalue weighted by atomic mass is 16.5. The Morgan fingerprint density at radius 1 is 1.00 bits per heavy atom. The lowest BCUT2D eigenvalue weighted by atomic mass is 10.1. The van der Waals surface area contributed by atoms with E-state index in [4.69, 9.17) is 15.2 Å². The van der Waals surface area contributed by atoms with E-state index in [1.807, 2.05) is 49.4 Å². The highest BCUT2D eigenvalue weighted by Crippen LogP contribution is 2.33. The molecule has 0 aliphatic heterocycles. The summed E-state index contributed by atoms with van der Waals surface area (Å²) in [4.78, 5) is 0. The van der Waals surface area contributed by atoms with Gasteiger partial charge < -0.3 is 15.2 Å². The van der Waals surface area contributed by atoms with E-state index in [2.05, 4.69) is 0 Å². The predicted octanol–water partition coefficient (Wildman–Crippen LogP) is 3.25. The second kappa shape index (κ2) is 5.56. The highest BCUT2D eigenvalue weighted by molar-refractivity contribution is 5.45. The summed E-state index contributed by atoms with van der Waals surface area (Å²) < 4.78 is 11.2. The maximum Gasteiger partial charge on any atom is 0.169 e. The van der Waals surface area contributed by atoms with E-state index in [0.29, 0.717) is 18.0 Å². The molecule has 0 amide bonds. The number of para-hydroxylation sites is 2. The Morgan fingerprint density at radius 3 is 2.39 bits per heavy atom. The van der Waals surface area contributed by atoms with Crippen LogP contribution in [0.2, 0.25) is 0 Å². The molecule has 0 saturated carbocycles. The first-order chi connectivity index (χ1) is 8.74. The molecule has 0 bridgehead atoms. The normalized spacial score (nSPS) is 10.2. The summed E-state index contributed by atoms with van der Waals surface area (Å²) >= 11 is 0. The van der Waals surface area contributed by atoms with Crippen LogP contribution in [0.15, 0.2) is 42.5 Å². The van der Waals surface area contributed by atoms with E-state index in [1.165, 1.54) is 0 Å². The third-order valence-electron chi connectivity index (χ3n) is 2.73. The molecule has 2 rings (SSSR count). The molecule has 94 valence electrons. The Hall–Kier alpha value is -2.00. The summed E-state index contributed by atoms with van der Waals surface area (Å²) in [7, 11) is 1.63. The summed E-state index contributed by atoms with van der Waals surface area (Å²) in [5.74, 6) is 2.18. The summed E-state index contributed by atoms with van der Waals surface area (Å²) in [5, 5.41) is 0. The van der Waals surface area contributed by atoms with Crippen molar-refractivity contribution in [2.75, 3.05) is 7.11 Å². The molecule has 0 saturated heterocycles. The van der Waals surface area contributed by atoms with Gasteiger partial charge in [0.15, 0.2) is 11.5 Å². The van der Waals surface area contributed by atoms with Crippen molar-refractivity contribution in [2.45, 2.75) is 13.5 Å². The minimum Gasteiger partial charge on any atom is -0.493 e. The number of nitrogens with two attached hydrogens (primary N) is 1.